The van der Waals surface area contributed by atoms with E-state index in [9.17, 15) is 25.3 Å². The molecular formula is C13H9N5O6. The largest absolute Gasteiger partial charge is 0.502 e. The molecule has 1 aromatic carbocycles. The van der Waals surface area contributed by atoms with Gasteiger partial charge in [0.1, 0.15) is 5.69 Å². The number of aromatic nitrogens is 3. The van der Waals surface area contributed by atoms with Crippen LogP contribution in [0, 0.1) is 20.2 Å². The Balaban J connectivity index is 2.05. The standard InChI is InChI=1S/C13H9N5O6/c1-16-6-7(17(20)21)5-10(16)13-15-14-12(24-13)8-3-2-4-9(11(8)19)18(22)23/h2-6,19H,1H3. The van der Waals surface area contributed by atoms with Crippen molar-refractivity contribution >= 4 is 11.4 Å². The van der Waals surface area contributed by atoms with Crippen molar-refractivity contribution in [3.8, 4) is 28.8 Å². The number of nitro benzene ring substituents is 1. The highest BCUT2D eigenvalue weighted by Gasteiger charge is 2.23. The van der Waals surface area contributed by atoms with Crippen LogP contribution in [0.15, 0.2) is 34.9 Å². The third-order valence-electron chi connectivity index (χ3n) is 3.29. The number of para-hydroxylation sites is 1. The van der Waals surface area contributed by atoms with Gasteiger partial charge in [-0.15, -0.1) is 10.2 Å². The Kier molecular flexibility index (Phi) is 3.45. The minimum Gasteiger partial charge on any atom is -0.502 e. The van der Waals surface area contributed by atoms with Crippen LogP contribution in [0.4, 0.5) is 11.4 Å². The normalized spacial score (nSPS) is 10.7. The molecule has 0 fully saturated rings. The maximum Gasteiger partial charge on any atom is 0.311 e. The highest BCUT2D eigenvalue weighted by molar-refractivity contribution is 5.70. The molecule has 0 aliphatic rings. The van der Waals surface area contributed by atoms with Gasteiger partial charge in [0, 0.05) is 19.2 Å². The molecule has 11 nitrogen and oxygen atoms in total. The Morgan fingerprint density at radius 2 is 1.88 bits per heavy atom. The summed E-state index contributed by atoms with van der Waals surface area (Å²) in [7, 11) is 1.57. The van der Waals surface area contributed by atoms with Crippen molar-refractivity contribution in [2.75, 3.05) is 0 Å². The second-order valence-electron chi connectivity index (χ2n) is 4.79. The molecule has 0 atom stereocenters. The van der Waals surface area contributed by atoms with Gasteiger partial charge in [0.15, 0.2) is 0 Å². The molecule has 0 saturated carbocycles. The number of nitrogens with zero attached hydrogens (tertiary/aromatic N) is 5. The average Bonchev–Trinajstić information content (AvgIpc) is 3.13. The lowest BCUT2D eigenvalue weighted by Crippen LogP contribution is -1.90. The zero-order valence-electron chi connectivity index (χ0n) is 12.1. The van der Waals surface area contributed by atoms with E-state index in [0.29, 0.717) is 5.69 Å². The summed E-state index contributed by atoms with van der Waals surface area (Å²) < 4.78 is 6.83. The third kappa shape index (κ3) is 2.43. The second-order valence-corrected chi connectivity index (χ2v) is 4.79. The molecule has 11 heteroatoms. The van der Waals surface area contributed by atoms with Crippen LogP contribution in [0.5, 0.6) is 5.75 Å². The summed E-state index contributed by atoms with van der Waals surface area (Å²) in [5, 5.41) is 39.1. The van der Waals surface area contributed by atoms with Crippen LogP contribution in [0.1, 0.15) is 0 Å². The monoisotopic (exact) mass is 331 g/mol. The maximum absolute atomic E-state index is 10.9. The van der Waals surface area contributed by atoms with E-state index in [2.05, 4.69) is 10.2 Å². The Bertz CT molecular complexity index is 960. The molecule has 3 aromatic rings. The van der Waals surface area contributed by atoms with E-state index in [4.69, 9.17) is 4.42 Å². The number of phenols is 1. The summed E-state index contributed by atoms with van der Waals surface area (Å²) in [6.07, 6.45) is 1.28. The topological polar surface area (TPSA) is 150 Å². The Morgan fingerprint density at radius 1 is 1.17 bits per heavy atom. The zero-order chi connectivity index (χ0) is 17.4. The molecule has 0 unspecified atom stereocenters. The van der Waals surface area contributed by atoms with Crippen molar-refractivity contribution in [3.05, 3.63) is 50.7 Å². The maximum atomic E-state index is 10.9. The minimum atomic E-state index is -0.739. The van der Waals surface area contributed by atoms with Crippen molar-refractivity contribution in [2.24, 2.45) is 7.05 Å². The Labute approximate surface area is 133 Å². The first-order valence-electron chi connectivity index (χ1n) is 6.50. The van der Waals surface area contributed by atoms with Crippen LogP contribution in [0.25, 0.3) is 23.0 Å². The number of hydrogen-bond acceptors (Lipinski definition) is 8. The van der Waals surface area contributed by atoms with Crippen LogP contribution in [-0.4, -0.2) is 29.7 Å². The summed E-state index contributed by atoms with van der Waals surface area (Å²) in [4.78, 5) is 20.4. The minimum absolute atomic E-state index is 0.00772. The number of aromatic hydroxyl groups is 1. The van der Waals surface area contributed by atoms with Gasteiger partial charge in [-0.25, -0.2) is 0 Å². The van der Waals surface area contributed by atoms with Gasteiger partial charge in [-0.2, -0.15) is 0 Å². The van der Waals surface area contributed by atoms with E-state index < -0.39 is 21.3 Å². The van der Waals surface area contributed by atoms with Crippen LogP contribution in [0.2, 0.25) is 0 Å². The first kappa shape index (κ1) is 15.1. The molecule has 0 spiro atoms. The molecule has 2 aromatic heterocycles. The summed E-state index contributed by atoms with van der Waals surface area (Å²) in [6, 6.07) is 5.14. The van der Waals surface area contributed by atoms with Crippen molar-refractivity contribution in [1.82, 2.24) is 14.8 Å². The van der Waals surface area contributed by atoms with Gasteiger partial charge in [-0.05, 0) is 6.07 Å². The molecule has 0 aliphatic heterocycles. The number of rotatable bonds is 4. The molecule has 2 heterocycles. The molecular weight excluding hydrogens is 322 g/mol. The fourth-order valence-electron chi connectivity index (χ4n) is 2.15. The lowest BCUT2D eigenvalue weighted by molar-refractivity contribution is -0.385. The zero-order valence-corrected chi connectivity index (χ0v) is 12.1. The Hall–Kier alpha value is -3.76. The third-order valence-corrected chi connectivity index (χ3v) is 3.29. The molecule has 0 aliphatic carbocycles. The first-order valence-corrected chi connectivity index (χ1v) is 6.50. The van der Waals surface area contributed by atoms with E-state index in [1.54, 1.807) is 7.05 Å². The van der Waals surface area contributed by atoms with Crippen LogP contribution in [-0.2, 0) is 7.05 Å². The Morgan fingerprint density at radius 3 is 2.50 bits per heavy atom. The summed E-state index contributed by atoms with van der Waals surface area (Å²) in [5.41, 5.74) is -0.357. The van der Waals surface area contributed by atoms with Crippen LogP contribution >= 0.6 is 0 Å². The molecule has 1 N–H and O–H groups in total. The quantitative estimate of drug-likeness (QED) is 0.564. The summed E-state index contributed by atoms with van der Waals surface area (Å²) >= 11 is 0. The highest BCUT2D eigenvalue weighted by atomic mass is 16.6. The SMILES string of the molecule is Cn1cc([N+](=O)[O-])cc1-c1nnc(-c2cccc([N+](=O)[O-])c2O)o1. The van der Waals surface area contributed by atoms with Crippen molar-refractivity contribution < 1.29 is 19.4 Å². The average molecular weight is 331 g/mol. The lowest BCUT2D eigenvalue weighted by Gasteiger charge is -2.00. The number of benzene rings is 1. The fourth-order valence-corrected chi connectivity index (χ4v) is 2.15. The predicted molar refractivity (Wildman–Crippen MR) is 79.1 cm³/mol. The van der Waals surface area contributed by atoms with Crippen molar-refractivity contribution in [3.63, 3.8) is 0 Å². The summed E-state index contributed by atoms with van der Waals surface area (Å²) in [5.74, 6) is -0.767. The summed E-state index contributed by atoms with van der Waals surface area (Å²) in [6.45, 7) is 0. The molecule has 0 bridgehead atoms. The van der Waals surface area contributed by atoms with Gasteiger partial charge in [0.2, 0.25) is 5.75 Å². The van der Waals surface area contributed by atoms with Crippen molar-refractivity contribution in [2.45, 2.75) is 0 Å². The number of hydrogen-bond donors (Lipinski definition) is 1. The van der Waals surface area contributed by atoms with E-state index >= 15 is 0 Å². The molecule has 3 rings (SSSR count). The van der Waals surface area contributed by atoms with Crippen LogP contribution < -0.4 is 0 Å². The van der Waals surface area contributed by atoms with Gasteiger partial charge >= 0.3 is 5.69 Å². The number of aryl methyl sites for hydroxylation is 1. The highest BCUT2D eigenvalue weighted by Crippen LogP contribution is 2.37. The van der Waals surface area contributed by atoms with Gasteiger partial charge in [-0.1, -0.05) is 6.07 Å². The van der Waals surface area contributed by atoms with Gasteiger partial charge < -0.3 is 14.1 Å². The smallest absolute Gasteiger partial charge is 0.311 e. The van der Waals surface area contributed by atoms with E-state index in [0.717, 1.165) is 6.07 Å². The van der Waals surface area contributed by atoms with Gasteiger partial charge in [-0.3, -0.25) is 20.2 Å². The lowest BCUT2D eigenvalue weighted by atomic mass is 10.2. The van der Waals surface area contributed by atoms with Crippen molar-refractivity contribution in [1.29, 1.82) is 0 Å². The number of nitro groups is 2. The van der Waals surface area contributed by atoms with E-state index in [1.165, 1.54) is 29.0 Å². The van der Waals surface area contributed by atoms with Crippen LogP contribution in [0.3, 0.4) is 0 Å². The molecule has 24 heavy (non-hydrogen) atoms. The van der Waals surface area contributed by atoms with Gasteiger partial charge in [0.05, 0.1) is 21.6 Å². The van der Waals surface area contributed by atoms with Gasteiger partial charge in [0.25, 0.3) is 17.5 Å². The fraction of sp³-hybridized carbons (Fsp3) is 0.0769. The predicted octanol–water partition coefficient (Wildman–Crippen LogP) is 2.26. The molecule has 0 saturated heterocycles. The second kappa shape index (κ2) is 5.46. The number of phenolic OH excluding ortho intramolecular Hbond substituents is 1. The molecule has 0 radical (unpaired) electrons. The first-order chi connectivity index (χ1) is 11.4. The molecule has 122 valence electrons. The molecule has 0 amide bonds. The van der Waals surface area contributed by atoms with E-state index in [-0.39, 0.29) is 23.0 Å². The van der Waals surface area contributed by atoms with E-state index in [1.807, 2.05) is 0 Å².